The molecule has 0 unspecified atom stereocenters. The molecule has 0 radical (unpaired) electrons. The van der Waals surface area contributed by atoms with Crippen LogP contribution in [0.3, 0.4) is 0 Å². The summed E-state index contributed by atoms with van der Waals surface area (Å²) in [5.74, 6) is 2.19. The molecule has 1 amide bonds. The second-order valence-electron chi connectivity index (χ2n) is 23.3. The molecule has 5 aliphatic rings. The van der Waals surface area contributed by atoms with Crippen LogP contribution in [0.15, 0.2) is 30.3 Å². The van der Waals surface area contributed by atoms with Gasteiger partial charge in [-0.2, -0.15) is 9.97 Å². The lowest BCUT2D eigenvalue weighted by atomic mass is 9.80. The number of ketones is 1. The van der Waals surface area contributed by atoms with E-state index in [1.165, 1.54) is 13.2 Å². The van der Waals surface area contributed by atoms with Crippen LogP contribution in [-0.4, -0.2) is 116 Å². The Morgan fingerprint density at radius 1 is 0.889 bits per heavy atom. The van der Waals surface area contributed by atoms with E-state index in [4.69, 9.17) is 28.9 Å². The number of carbonyl (C=O) groups is 2. The predicted molar refractivity (Wildman–Crippen MR) is 279 cm³/mol. The van der Waals surface area contributed by atoms with Crippen molar-refractivity contribution in [2.75, 3.05) is 51.6 Å². The van der Waals surface area contributed by atoms with E-state index in [0.717, 1.165) is 51.5 Å². The van der Waals surface area contributed by atoms with E-state index in [1.807, 2.05) is 25.7 Å². The molecular formula is C57H74F3N5O6Si. The largest absolute Gasteiger partial charge is 0.468 e. The normalized spacial score (nSPS) is 22.9. The van der Waals surface area contributed by atoms with Crippen LogP contribution in [0.25, 0.3) is 32.8 Å². The van der Waals surface area contributed by atoms with Gasteiger partial charge in [0.2, 0.25) is 0 Å². The molecule has 72 heavy (non-hydrogen) atoms. The second-order valence-corrected chi connectivity index (χ2v) is 28.8. The second kappa shape index (κ2) is 20.4. The Morgan fingerprint density at radius 3 is 2.24 bits per heavy atom. The van der Waals surface area contributed by atoms with E-state index in [0.29, 0.717) is 66.6 Å². The Bertz CT molecular complexity index is 2750. The Kier molecular flexibility index (Phi) is 14.7. The van der Waals surface area contributed by atoms with Crippen molar-refractivity contribution >= 4 is 47.4 Å². The van der Waals surface area contributed by atoms with Crippen LogP contribution in [0.1, 0.15) is 142 Å². The number of ether oxygens (including phenoxy) is 4. The number of rotatable bonds is 13. The van der Waals surface area contributed by atoms with Crippen LogP contribution in [-0.2, 0) is 9.47 Å². The number of amides is 1. The molecule has 0 spiro atoms. The lowest BCUT2D eigenvalue weighted by molar-refractivity contribution is 0.0122. The molecule has 9 rings (SSSR count). The average Bonchev–Trinajstić information content (AvgIpc) is 3.96. The van der Waals surface area contributed by atoms with Crippen LogP contribution in [0.2, 0.25) is 16.6 Å². The molecule has 2 bridgehead atoms. The van der Waals surface area contributed by atoms with Crippen LogP contribution in [0.4, 0.5) is 23.8 Å². The Balaban J connectivity index is 1.30. The summed E-state index contributed by atoms with van der Waals surface area (Å²) >= 11 is 0. The van der Waals surface area contributed by atoms with E-state index < -0.39 is 37.0 Å². The van der Waals surface area contributed by atoms with E-state index >= 15 is 18.0 Å². The number of fused-ring (bicyclic) bond motifs is 5. The van der Waals surface area contributed by atoms with Crippen LogP contribution in [0.5, 0.6) is 11.8 Å². The van der Waals surface area contributed by atoms with Crippen LogP contribution >= 0.6 is 0 Å². The van der Waals surface area contributed by atoms with Crippen LogP contribution in [0, 0.1) is 29.0 Å². The van der Waals surface area contributed by atoms with Gasteiger partial charge in [0.05, 0.1) is 23.2 Å². The highest BCUT2D eigenvalue weighted by Gasteiger charge is 2.50. The van der Waals surface area contributed by atoms with Gasteiger partial charge in [0.25, 0.3) is 0 Å². The fourth-order valence-corrected chi connectivity index (χ4v) is 18.6. The molecule has 388 valence electrons. The molecule has 1 aliphatic carbocycles. The first-order valence-corrected chi connectivity index (χ1v) is 28.8. The first kappa shape index (κ1) is 52.0. The van der Waals surface area contributed by atoms with E-state index in [9.17, 15) is 4.79 Å². The number of methoxy groups -OCH3 is 1. The molecule has 3 aromatic carbocycles. The molecule has 4 aromatic rings. The number of nitrogens with zero attached hydrogens (tertiary/aromatic N) is 5. The number of halogens is 3. The Labute approximate surface area is 424 Å². The summed E-state index contributed by atoms with van der Waals surface area (Å²) in [5.41, 5.74) is 3.70. The summed E-state index contributed by atoms with van der Waals surface area (Å²) in [5, 5.41) is 1.24. The summed E-state index contributed by atoms with van der Waals surface area (Å²) in [4.78, 5) is 45.1. The Hall–Kier alpha value is -4.91. The molecule has 1 saturated carbocycles. The van der Waals surface area contributed by atoms with Crippen molar-refractivity contribution in [3.63, 3.8) is 0 Å². The smallest absolute Gasteiger partial charge is 0.410 e. The Morgan fingerprint density at radius 2 is 1.58 bits per heavy atom. The topological polar surface area (TPSA) is 107 Å². The van der Waals surface area contributed by atoms with Crippen molar-refractivity contribution in [3.8, 4) is 34.4 Å². The van der Waals surface area contributed by atoms with Gasteiger partial charge in [0.1, 0.15) is 49.4 Å². The zero-order chi connectivity index (χ0) is 51.4. The highest BCUT2D eigenvalue weighted by atomic mass is 28.3. The zero-order valence-electron chi connectivity index (χ0n) is 44.1. The molecule has 4 saturated heterocycles. The van der Waals surface area contributed by atoms with Crippen molar-refractivity contribution in [2.45, 2.75) is 173 Å². The van der Waals surface area contributed by atoms with Gasteiger partial charge in [-0.05, 0) is 118 Å². The summed E-state index contributed by atoms with van der Waals surface area (Å²) in [6.07, 6.45) is 6.13. The van der Waals surface area contributed by atoms with E-state index in [-0.39, 0.29) is 93.7 Å². The zero-order valence-corrected chi connectivity index (χ0v) is 45.1. The third-order valence-electron chi connectivity index (χ3n) is 16.7. The van der Waals surface area contributed by atoms with Crippen molar-refractivity contribution in [1.82, 2.24) is 19.8 Å². The molecule has 5 heterocycles. The molecule has 1 aromatic heterocycles. The number of anilines is 1. The number of aromatic nitrogens is 2. The van der Waals surface area contributed by atoms with Gasteiger partial charge in [0.15, 0.2) is 18.4 Å². The lowest BCUT2D eigenvalue weighted by Crippen LogP contribution is -2.57. The standard InChI is InChI=1S/C57H74F3N5O6Si/c1-34(2)72(35(3)4,36(5)6)24-21-43-47(59)20-17-38-25-42(70-33-68-10)26-44(48(38)43)49-45(52(66)37-15-12-11-13-16-37)27-46-51(50(49)60)61-54(69-32-57-22-14-23-64(57)29-39(58)28-57)62-53(46)63-30-40-18-19-41(31-63)65(40)55(67)71-56(7,8)9/h17,20,25-27,34-37,39-41H,11-16,18-19,22-23,28-33H2,1-10H3/t39-,40-,41+,57+/m1/s1. The minimum absolute atomic E-state index is 0.0262. The van der Waals surface area contributed by atoms with Gasteiger partial charge < -0.3 is 23.8 Å². The maximum absolute atomic E-state index is 19.0. The van der Waals surface area contributed by atoms with Gasteiger partial charge in [-0.25, -0.2) is 18.0 Å². The fraction of sp³-hybridized carbons (Fsp3) is 0.614. The fourth-order valence-electron chi connectivity index (χ4n) is 13.4. The minimum Gasteiger partial charge on any atom is -0.468 e. The third kappa shape index (κ3) is 9.69. The van der Waals surface area contributed by atoms with Crippen molar-refractivity contribution in [1.29, 1.82) is 0 Å². The van der Waals surface area contributed by atoms with E-state index in [2.05, 4.69) is 62.8 Å². The highest BCUT2D eigenvalue weighted by molar-refractivity contribution is 6.90. The van der Waals surface area contributed by atoms with Gasteiger partial charge in [-0.15, -0.1) is 5.54 Å². The summed E-state index contributed by atoms with van der Waals surface area (Å²) in [6.45, 7) is 20.6. The molecule has 4 aliphatic heterocycles. The predicted octanol–water partition coefficient (Wildman–Crippen LogP) is 12.6. The molecule has 0 N–H and O–H groups in total. The minimum atomic E-state index is -2.42. The van der Waals surface area contributed by atoms with E-state index in [1.54, 1.807) is 24.3 Å². The number of benzene rings is 3. The van der Waals surface area contributed by atoms with Gasteiger partial charge in [-0.3, -0.25) is 14.6 Å². The molecule has 5 fully saturated rings. The molecular weight excluding hydrogens is 936 g/mol. The number of carbonyl (C=O) groups excluding carboxylic acids is 2. The van der Waals surface area contributed by atoms with Gasteiger partial charge in [-0.1, -0.05) is 72.8 Å². The molecule has 15 heteroatoms. The molecule has 11 nitrogen and oxygen atoms in total. The molecule has 4 atom stereocenters. The van der Waals surface area contributed by atoms with Crippen LogP contribution < -0.4 is 14.4 Å². The number of hydrogen-bond acceptors (Lipinski definition) is 10. The monoisotopic (exact) mass is 1010 g/mol. The van der Waals surface area contributed by atoms with Gasteiger partial charge in [0, 0.05) is 61.0 Å². The maximum Gasteiger partial charge on any atom is 0.410 e. The quantitative estimate of drug-likeness (QED) is 0.0556. The lowest BCUT2D eigenvalue weighted by Gasteiger charge is -2.42. The summed E-state index contributed by atoms with van der Waals surface area (Å²) < 4.78 is 74.8. The first-order valence-electron chi connectivity index (χ1n) is 26.5. The van der Waals surface area contributed by atoms with Crippen molar-refractivity contribution < 1.29 is 41.7 Å². The summed E-state index contributed by atoms with van der Waals surface area (Å²) in [7, 11) is -0.907. The summed E-state index contributed by atoms with van der Waals surface area (Å²) in [6, 6.07) is 7.71. The number of piperazine rings is 1. The highest BCUT2D eigenvalue weighted by Crippen LogP contribution is 2.47. The SMILES string of the molecule is COCOc1cc(-c2c(C(=O)C3CCCCC3)cc3c(N4C[C@H]5CC[C@@H](C4)N5C(=O)OC(C)(C)C)nc(OC[C@@]45CCCN4C[C@H](F)C5)nc3c2F)c2c(C#C[Si](C(C)C)(C(C)C)C(C)C)c(F)ccc2c1. The number of Topliss-reactive ketones (excluding diaryl/α,β-unsaturated/α-hetero) is 1. The first-order chi connectivity index (χ1) is 34.2. The average molecular weight is 1010 g/mol. The number of alkyl halides is 1. The number of hydrogen-bond donors (Lipinski definition) is 0. The van der Waals surface area contributed by atoms with Crippen molar-refractivity contribution in [2.24, 2.45) is 5.92 Å². The van der Waals surface area contributed by atoms with Gasteiger partial charge >= 0.3 is 12.1 Å². The third-order valence-corrected chi connectivity index (χ3v) is 23.0. The maximum atomic E-state index is 19.0. The van der Waals surface area contributed by atoms with Crippen molar-refractivity contribution in [3.05, 3.63) is 53.1 Å².